The van der Waals surface area contributed by atoms with E-state index in [1.54, 1.807) is 13.0 Å². The van der Waals surface area contributed by atoms with Gasteiger partial charge in [0.05, 0.1) is 17.2 Å². The molecule has 1 aromatic carbocycles. The SMILES string of the molecule is CCOC(=O)/C=c1/s/c(=C\c2ccc(OC(F)F)cc2)c(=O)n1CC(=O)NC1CCCCC1C. The lowest BCUT2D eigenvalue weighted by molar-refractivity contribution is -0.135. The van der Waals surface area contributed by atoms with Gasteiger partial charge in [0.2, 0.25) is 5.91 Å². The summed E-state index contributed by atoms with van der Waals surface area (Å²) in [5, 5.41) is 3.02. The summed E-state index contributed by atoms with van der Waals surface area (Å²) in [6.07, 6.45) is 6.91. The molecule has 1 aromatic heterocycles. The van der Waals surface area contributed by atoms with E-state index < -0.39 is 18.1 Å². The Kier molecular flexibility index (Phi) is 8.98. The van der Waals surface area contributed by atoms with E-state index >= 15 is 0 Å². The Morgan fingerprint density at radius 3 is 2.59 bits per heavy atom. The Morgan fingerprint density at radius 1 is 1.24 bits per heavy atom. The summed E-state index contributed by atoms with van der Waals surface area (Å²) in [6, 6.07) is 5.87. The van der Waals surface area contributed by atoms with Crippen molar-refractivity contribution in [2.45, 2.75) is 58.7 Å². The number of alkyl halides is 2. The van der Waals surface area contributed by atoms with Gasteiger partial charge in [-0.2, -0.15) is 8.78 Å². The highest BCUT2D eigenvalue weighted by Gasteiger charge is 2.23. The van der Waals surface area contributed by atoms with Gasteiger partial charge in [-0.15, -0.1) is 11.3 Å². The number of hydrogen-bond donors (Lipinski definition) is 1. The first-order chi connectivity index (χ1) is 16.3. The largest absolute Gasteiger partial charge is 0.463 e. The van der Waals surface area contributed by atoms with E-state index in [0.717, 1.165) is 37.0 Å². The quantitative estimate of drug-likeness (QED) is 0.570. The molecule has 10 heteroatoms. The van der Waals surface area contributed by atoms with Gasteiger partial charge < -0.3 is 14.8 Å². The van der Waals surface area contributed by atoms with E-state index in [9.17, 15) is 23.2 Å². The summed E-state index contributed by atoms with van der Waals surface area (Å²) >= 11 is 1.05. The van der Waals surface area contributed by atoms with Crippen LogP contribution < -0.4 is 24.8 Å². The first-order valence-electron chi connectivity index (χ1n) is 11.2. The van der Waals surface area contributed by atoms with Crippen LogP contribution in [-0.4, -0.2) is 35.7 Å². The van der Waals surface area contributed by atoms with Crippen LogP contribution in [0.2, 0.25) is 0 Å². The van der Waals surface area contributed by atoms with Crippen LogP contribution in [0.15, 0.2) is 29.1 Å². The molecule has 0 saturated heterocycles. The van der Waals surface area contributed by atoms with E-state index in [-0.39, 0.29) is 35.4 Å². The molecule has 2 aromatic rings. The van der Waals surface area contributed by atoms with Gasteiger partial charge >= 0.3 is 12.6 Å². The smallest absolute Gasteiger partial charge is 0.387 e. The summed E-state index contributed by atoms with van der Waals surface area (Å²) in [5.74, 6) is -0.542. The lowest BCUT2D eigenvalue weighted by atomic mass is 9.86. The molecule has 0 spiro atoms. The fraction of sp³-hybridized carbons (Fsp3) is 0.458. The number of halogens is 2. The number of benzene rings is 1. The monoisotopic (exact) mass is 494 g/mol. The van der Waals surface area contributed by atoms with Crippen molar-refractivity contribution in [2.24, 2.45) is 5.92 Å². The second-order valence-corrected chi connectivity index (χ2v) is 9.18. The van der Waals surface area contributed by atoms with Gasteiger partial charge in [0, 0.05) is 6.04 Å². The van der Waals surface area contributed by atoms with Gasteiger partial charge in [0.1, 0.15) is 17.0 Å². The summed E-state index contributed by atoms with van der Waals surface area (Å²) in [6.45, 7) is 0.802. The Morgan fingerprint density at radius 2 is 1.94 bits per heavy atom. The average molecular weight is 495 g/mol. The minimum Gasteiger partial charge on any atom is -0.463 e. The molecule has 1 heterocycles. The number of carbonyl (C=O) groups excluding carboxylic acids is 2. The zero-order valence-electron chi connectivity index (χ0n) is 19.1. The number of thiazole rings is 1. The van der Waals surface area contributed by atoms with Crippen molar-refractivity contribution in [3.8, 4) is 5.75 Å². The number of rotatable bonds is 8. The number of nitrogens with one attached hydrogen (secondary N) is 1. The standard InChI is InChI=1S/C24H28F2N2O5S/c1-3-32-22(30)13-21-28(14-20(29)27-18-7-5-4-6-15(18)2)23(31)19(34-21)12-16-8-10-17(11-9-16)33-24(25)26/h8-13,15,18,24H,3-7,14H2,1-2H3,(H,27,29)/b19-12-,21-13+. The summed E-state index contributed by atoms with van der Waals surface area (Å²) in [4.78, 5) is 37.9. The maximum absolute atomic E-state index is 13.1. The van der Waals surface area contributed by atoms with Crippen molar-refractivity contribution in [3.63, 3.8) is 0 Å². The van der Waals surface area contributed by atoms with Crippen LogP contribution in [0.25, 0.3) is 12.2 Å². The Bertz CT molecular complexity index is 1170. The highest BCUT2D eigenvalue weighted by atomic mass is 32.1. The first-order valence-corrected chi connectivity index (χ1v) is 12.0. The maximum atomic E-state index is 13.1. The molecule has 184 valence electrons. The Balaban J connectivity index is 1.91. The molecule has 7 nitrogen and oxygen atoms in total. The number of amides is 1. The number of nitrogens with zero attached hydrogens (tertiary/aromatic N) is 1. The minimum absolute atomic E-state index is 0.000635. The van der Waals surface area contributed by atoms with Gasteiger partial charge in [-0.05, 0) is 49.5 Å². The van der Waals surface area contributed by atoms with Crippen LogP contribution >= 0.6 is 11.3 Å². The van der Waals surface area contributed by atoms with Crippen molar-refractivity contribution < 1.29 is 27.8 Å². The molecule has 2 atom stereocenters. The second kappa shape index (κ2) is 11.9. The lowest BCUT2D eigenvalue weighted by Crippen LogP contribution is -2.45. The minimum atomic E-state index is -2.93. The van der Waals surface area contributed by atoms with Gasteiger partial charge in [0.25, 0.3) is 5.56 Å². The van der Waals surface area contributed by atoms with E-state index in [2.05, 4.69) is 17.0 Å². The first kappa shape index (κ1) is 25.6. The number of carbonyl (C=O) groups is 2. The van der Waals surface area contributed by atoms with Gasteiger partial charge in [-0.25, -0.2) is 4.79 Å². The fourth-order valence-corrected chi connectivity index (χ4v) is 4.93. The third kappa shape index (κ3) is 6.99. The third-order valence-corrected chi connectivity index (χ3v) is 6.69. The van der Waals surface area contributed by atoms with E-state index in [0.29, 0.717) is 16.1 Å². The van der Waals surface area contributed by atoms with Gasteiger partial charge in [-0.1, -0.05) is 31.9 Å². The topological polar surface area (TPSA) is 86.6 Å². The molecule has 1 aliphatic rings. The van der Waals surface area contributed by atoms with Crippen LogP contribution in [0.4, 0.5) is 8.78 Å². The summed E-state index contributed by atoms with van der Waals surface area (Å²) in [7, 11) is 0. The van der Waals surface area contributed by atoms with Crippen LogP contribution in [0.3, 0.4) is 0 Å². The predicted molar refractivity (Wildman–Crippen MR) is 125 cm³/mol. The second-order valence-electron chi connectivity index (χ2n) is 8.12. The Labute approximate surface area is 199 Å². The molecule has 0 bridgehead atoms. The number of ether oxygens (including phenoxy) is 2. The molecular weight excluding hydrogens is 466 g/mol. The highest BCUT2D eigenvalue weighted by molar-refractivity contribution is 7.07. The van der Waals surface area contributed by atoms with E-state index in [1.165, 1.54) is 34.9 Å². The number of aromatic nitrogens is 1. The summed E-state index contributed by atoms with van der Waals surface area (Å²) in [5.41, 5.74) is 0.149. The number of hydrogen-bond acceptors (Lipinski definition) is 6. The van der Waals surface area contributed by atoms with Crippen molar-refractivity contribution in [2.75, 3.05) is 6.61 Å². The summed E-state index contributed by atoms with van der Waals surface area (Å²) < 4.78 is 35.8. The zero-order valence-corrected chi connectivity index (χ0v) is 19.9. The van der Waals surface area contributed by atoms with Gasteiger partial charge in [0.15, 0.2) is 0 Å². The van der Waals surface area contributed by atoms with Crippen molar-refractivity contribution in [1.82, 2.24) is 9.88 Å². The van der Waals surface area contributed by atoms with Crippen molar-refractivity contribution >= 4 is 35.4 Å². The molecule has 2 unspecified atom stereocenters. The average Bonchev–Trinajstić information content (AvgIpc) is 3.05. The molecular formula is C24H28F2N2O5S. The van der Waals surface area contributed by atoms with Crippen LogP contribution in [0, 0.1) is 5.92 Å². The molecule has 1 N–H and O–H groups in total. The molecule has 34 heavy (non-hydrogen) atoms. The maximum Gasteiger partial charge on any atom is 0.387 e. The lowest BCUT2D eigenvalue weighted by Gasteiger charge is -2.29. The molecule has 0 radical (unpaired) electrons. The van der Waals surface area contributed by atoms with Crippen molar-refractivity contribution in [1.29, 1.82) is 0 Å². The molecule has 1 amide bonds. The van der Waals surface area contributed by atoms with E-state index in [1.807, 2.05) is 0 Å². The van der Waals surface area contributed by atoms with Crippen LogP contribution in [-0.2, 0) is 20.9 Å². The number of esters is 1. The molecule has 1 aliphatic carbocycles. The van der Waals surface area contributed by atoms with Crippen molar-refractivity contribution in [3.05, 3.63) is 49.4 Å². The third-order valence-electron chi connectivity index (χ3n) is 5.63. The Hall–Kier alpha value is -3.01. The predicted octanol–water partition coefficient (Wildman–Crippen LogP) is 2.38. The molecule has 1 fully saturated rings. The highest BCUT2D eigenvalue weighted by Crippen LogP contribution is 2.23. The van der Waals surface area contributed by atoms with Crippen LogP contribution in [0.5, 0.6) is 5.75 Å². The van der Waals surface area contributed by atoms with Gasteiger partial charge in [-0.3, -0.25) is 14.2 Å². The zero-order chi connectivity index (χ0) is 24.7. The molecule has 3 rings (SSSR count). The molecule has 1 saturated carbocycles. The fourth-order valence-electron chi connectivity index (χ4n) is 3.90. The normalized spacial score (nSPS) is 19.3. The van der Waals surface area contributed by atoms with Crippen LogP contribution in [0.1, 0.15) is 45.1 Å². The van der Waals surface area contributed by atoms with E-state index in [4.69, 9.17) is 4.74 Å². The molecule has 0 aliphatic heterocycles.